The molecule has 0 spiro atoms. The van der Waals surface area contributed by atoms with Crippen LogP contribution in [0.15, 0.2) is 65.5 Å². The molecule has 0 atom stereocenters. The molecule has 1 heterocycles. The predicted octanol–water partition coefficient (Wildman–Crippen LogP) is 3.55. The highest BCUT2D eigenvalue weighted by Gasteiger charge is 2.09. The monoisotopic (exact) mass is 392 g/mol. The first-order valence-electron chi connectivity index (χ1n) is 9.12. The van der Waals surface area contributed by atoms with Gasteiger partial charge in [-0.2, -0.15) is 5.10 Å². The van der Waals surface area contributed by atoms with Crippen molar-refractivity contribution in [1.29, 1.82) is 0 Å². The van der Waals surface area contributed by atoms with Crippen LogP contribution >= 0.6 is 0 Å². The number of aryl methyl sites for hydroxylation is 2. The van der Waals surface area contributed by atoms with Gasteiger partial charge in [0.15, 0.2) is 0 Å². The molecule has 0 fully saturated rings. The first-order chi connectivity index (χ1) is 13.9. The summed E-state index contributed by atoms with van der Waals surface area (Å²) in [5.74, 6) is -0.284. The van der Waals surface area contributed by atoms with E-state index in [2.05, 4.69) is 10.4 Å². The Morgan fingerprint density at radius 2 is 1.90 bits per heavy atom. The lowest BCUT2D eigenvalue weighted by atomic mass is 10.1. The Hall–Kier alpha value is -3.81. The average molecular weight is 392 g/mol. The number of anilines is 1. The number of nitro groups is 1. The van der Waals surface area contributed by atoms with Crippen LogP contribution in [-0.4, -0.2) is 20.6 Å². The molecule has 0 aliphatic carbocycles. The minimum atomic E-state index is -0.519. The molecule has 1 aromatic heterocycles. The van der Waals surface area contributed by atoms with Crippen LogP contribution in [0.3, 0.4) is 0 Å². The number of aromatic nitrogens is 2. The number of carbonyl (C=O) groups is 1. The van der Waals surface area contributed by atoms with E-state index in [0.717, 1.165) is 11.1 Å². The number of hydrogen-bond acceptors (Lipinski definition) is 5. The van der Waals surface area contributed by atoms with Crippen molar-refractivity contribution in [3.05, 3.63) is 86.7 Å². The highest BCUT2D eigenvalue weighted by molar-refractivity contribution is 5.90. The molecular weight excluding hydrogens is 372 g/mol. The van der Waals surface area contributed by atoms with E-state index in [4.69, 9.17) is 0 Å². The molecule has 29 heavy (non-hydrogen) atoms. The summed E-state index contributed by atoms with van der Waals surface area (Å²) in [5, 5.41) is 17.8. The zero-order valence-corrected chi connectivity index (χ0v) is 15.9. The van der Waals surface area contributed by atoms with Gasteiger partial charge in [-0.3, -0.25) is 19.7 Å². The lowest BCUT2D eigenvalue weighted by Gasteiger charge is -2.08. The molecule has 3 aromatic rings. The molecule has 0 unspecified atom stereocenters. The van der Waals surface area contributed by atoms with Gasteiger partial charge in [0.2, 0.25) is 5.91 Å². The Morgan fingerprint density at radius 1 is 1.14 bits per heavy atom. The minimum Gasteiger partial charge on any atom is -0.326 e. The molecule has 8 heteroatoms. The fraction of sp³-hybridized carbons (Fsp3) is 0.190. The van der Waals surface area contributed by atoms with Crippen molar-refractivity contribution in [3.8, 4) is 11.3 Å². The summed E-state index contributed by atoms with van der Waals surface area (Å²) in [5.41, 5.74) is 2.77. The lowest BCUT2D eigenvalue weighted by Crippen LogP contribution is -2.23. The molecule has 2 aromatic carbocycles. The quantitative estimate of drug-likeness (QED) is 0.489. The number of nitrogens with one attached hydrogen (secondary N) is 1. The molecule has 148 valence electrons. The smallest absolute Gasteiger partial charge is 0.271 e. The van der Waals surface area contributed by atoms with E-state index in [-0.39, 0.29) is 23.6 Å². The van der Waals surface area contributed by atoms with E-state index in [0.29, 0.717) is 24.3 Å². The summed E-state index contributed by atoms with van der Waals surface area (Å²) in [6.45, 7) is 2.29. The van der Waals surface area contributed by atoms with Crippen LogP contribution < -0.4 is 10.9 Å². The summed E-state index contributed by atoms with van der Waals surface area (Å²) in [6.07, 6.45) is 0.566. The summed E-state index contributed by atoms with van der Waals surface area (Å²) in [4.78, 5) is 34.4. The van der Waals surface area contributed by atoms with Crippen molar-refractivity contribution < 1.29 is 9.72 Å². The Labute approximate surface area is 167 Å². The third-order valence-electron chi connectivity index (χ3n) is 4.33. The van der Waals surface area contributed by atoms with Crippen LogP contribution in [0.4, 0.5) is 11.4 Å². The van der Waals surface area contributed by atoms with E-state index in [1.54, 1.807) is 12.1 Å². The number of nitro benzene ring substituents is 1. The molecule has 3 rings (SSSR count). The molecule has 1 amide bonds. The zero-order chi connectivity index (χ0) is 20.8. The predicted molar refractivity (Wildman–Crippen MR) is 110 cm³/mol. The van der Waals surface area contributed by atoms with Gasteiger partial charge in [0, 0.05) is 42.4 Å². The van der Waals surface area contributed by atoms with Gasteiger partial charge in [-0.15, -0.1) is 0 Å². The van der Waals surface area contributed by atoms with Crippen molar-refractivity contribution in [3.63, 3.8) is 0 Å². The van der Waals surface area contributed by atoms with Gasteiger partial charge < -0.3 is 5.32 Å². The van der Waals surface area contributed by atoms with Crippen molar-refractivity contribution in [2.45, 2.75) is 26.3 Å². The van der Waals surface area contributed by atoms with Crippen molar-refractivity contribution in [2.24, 2.45) is 0 Å². The first kappa shape index (κ1) is 19.9. The molecule has 0 radical (unpaired) electrons. The van der Waals surface area contributed by atoms with Crippen molar-refractivity contribution in [2.75, 3.05) is 5.32 Å². The molecule has 0 bridgehead atoms. The van der Waals surface area contributed by atoms with Gasteiger partial charge in [-0.1, -0.05) is 35.9 Å². The SMILES string of the molecule is Cc1ccc(-c2ccc(=O)n(CCCC(=O)Nc3cccc([N+](=O)[O-])c3)n2)cc1. The van der Waals surface area contributed by atoms with Gasteiger partial charge in [-0.05, 0) is 25.5 Å². The molecule has 0 saturated carbocycles. The standard InChI is InChI=1S/C21H20N4O4/c1-15-7-9-16(10-8-15)19-11-12-21(27)24(23-19)13-3-6-20(26)22-17-4-2-5-18(14-17)25(28)29/h2,4-5,7-12,14H,3,6,13H2,1H3,(H,22,26). The topological polar surface area (TPSA) is 107 Å². The van der Waals surface area contributed by atoms with Gasteiger partial charge in [0.25, 0.3) is 11.2 Å². The number of nitrogens with zero attached hydrogens (tertiary/aromatic N) is 3. The number of rotatable bonds is 7. The molecular formula is C21H20N4O4. The van der Waals surface area contributed by atoms with Crippen LogP contribution in [0.1, 0.15) is 18.4 Å². The third kappa shape index (κ3) is 5.35. The summed E-state index contributed by atoms with van der Waals surface area (Å²) in [6, 6.07) is 16.7. The molecule has 8 nitrogen and oxygen atoms in total. The Bertz CT molecular complexity index is 1090. The van der Waals surface area contributed by atoms with E-state index >= 15 is 0 Å². The minimum absolute atomic E-state index is 0.0912. The second-order valence-electron chi connectivity index (χ2n) is 6.61. The first-order valence-corrected chi connectivity index (χ1v) is 9.12. The van der Waals surface area contributed by atoms with Crippen LogP contribution in [-0.2, 0) is 11.3 Å². The molecule has 1 N–H and O–H groups in total. The number of non-ortho nitro benzene ring substituents is 1. The molecule has 0 saturated heterocycles. The number of carbonyl (C=O) groups excluding carboxylic acids is 1. The third-order valence-corrected chi connectivity index (χ3v) is 4.33. The van der Waals surface area contributed by atoms with Gasteiger partial charge in [-0.25, -0.2) is 4.68 Å². The van der Waals surface area contributed by atoms with Crippen LogP contribution in [0, 0.1) is 17.0 Å². The van der Waals surface area contributed by atoms with E-state index in [1.807, 2.05) is 31.2 Å². The van der Waals surface area contributed by atoms with Crippen molar-refractivity contribution >= 4 is 17.3 Å². The van der Waals surface area contributed by atoms with Crippen LogP contribution in [0.25, 0.3) is 11.3 Å². The summed E-state index contributed by atoms with van der Waals surface area (Å²) >= 11 is 0. The fourth-order valence-electron chi connectivity index (χ4n) is 2.80. The second kappa shape index (κ2) is 8.92. The van der Waals surface area contributed by atoms with Crippen LogP contribution in [0.2, 0.25) is 0 Å². The Morgan fingerprint density at radius 3 is 2.62 bits per heavy atom. The molecule has 0 aliphatic rings. The highest BCUT2D eigenvalue weighted by Crippen LogP contribution is 2.18. The van der Waals surface area contributed by atoms with Gasteiger partial charge in [0.1, 0.15) is 0 Å². The van der Waals surface area contributed by atoms with Crippen LogP contribution in [0.5, 0.6) is 0 Å². The van der Waals surface area contributed by atoms with E-state index in [9.17, 15) is 19.7 Å². The maximum absolute atomic E-state index is 12.1. The lowest BCUT2D eigenvalue weighted by molar-refractivity contribution is -0.384. The largest absolute Gasteiger partial charge is 0.326 e. The maximum atomic E-state index is 12.1. The Balaban J connectivity index is 1.60. The fourth-order valence-corrected chi connectivity index (χ4v) is 2.80. The van der Waals surface area contributed by atoms with Gasteiger partial charge >= 0.3 is 0 Å². The zero-order valence-electron chi connectivity index (χ0n) is 15.9. The van der Waals surface area contributed by atoms with Gasteiger partial charge in [0.05, 0.1) is 10.6 Å². The highest BCUT2D eigenvalue weighted by atomic mass is 16.6. The normalized spacial score (nSPS) is 10.5. The molecule has 0 aliphatic heterocycles. The van der Waals surface area contributed by atoms with Crippen molar-refractivity contribution in [1.82, 2.24) is 9.78 Å². The number of hydrogen-bond donors (Lipinski definition) is 1. The maximum Gasteiger partial charge on any atom is 0.271 e. The second-order valence-corrected chi connectivity index (χ2v) is 6.61. The van der Waals surface area contributed by atoms with E-state index in [1.165, 1.54) is 28.9 Å². The summed E-state index contributed by atoms with van der Waals surface area (Å²) in [7, 11) is 0. The number of benzene rings is 2. The Kier molecular flexibility index (Phi) is 6.13. The average Bonchev–Trinajstić information content (AvgIpc) is 2.70. The summed E-state index contributed by atoms with van der Waals surface area (Å²) < 4.78 is 1.34. The number of amides is 1. The van der Waals surface area contributed by atoms with E-state index < -0.39 is 4.92 Å².